The van der Waals surface area contributed by atoms with Gasteiger partial charge in [-0.2, -0.15) is 10.2 Å². The number of amides is 1. The molecule has 3 heterocycles. The van der Waals surface area contributed by atoms with Crippen LogP contribution in [0.2, 0.25) is 0 Å². The van der Waals surface area contributed by atoms with E-state index in [9.17, 15) is 4.79 Å². The molecule has 1 fully saturated rings. The highest BCUT2D eigenvalue weighted by Gasteiger charge is 2.20. The standard InChI is InChI=1S/C18H26N6O/c1-4-24-12-16(11-19-24)5-6-18(25)23-9-7-22(8-10-23)14-17-13-21(3)20-15(17)2/h5-6,11-13H,4,7-10,14H2,1-3H3/b6-5+. The molecule has 0 unspecified atom stereocenters. The van der Waals surface area contributed by atoms with Gasteiger partial charge in [-0.05, 0) is 19.9 Å². The Morgan fingerprint density at radius 1 is 1.24 bits per heavy atom. The van der Waals surface area contributed by atoms with Gasteiger partial charge < -0.3 is 4.90 Å². The van der Waals surface area contributed by atoms with E-state index < -0.39 is 0 Å². The SMILES string of the molecule is CCn1cc(/C=C/C(=O)N2CCN(Cc3cn(C)nc3C)CC2)cn1. The van der Waals surface area contributed by atoms with Gasteiger partial charge in [-0.25, -0.2) is 0 Å². The maximum atomic E-state index is 12.4. The first-order valence-corrected chi connectivity index (χ1v) is 8.76. The molecule has 7 nitrogen and oxygen atoms in total. The van der Waals surface area contributed by atoms with E-state index >= 15 is 0 Å². The average Bonchev–Trinajstić information content (AvgIpc) is 3.19. The number of piperazine rings is 1. The van der Waals surface area contributed by atoms with Crippen LogP contribution in [-0.4, -0.2) is 61.4 Å². The van der Waals surface area contributed by atoms with Crippen molar-refractivity contribution in [1.29, 1.82) is 0 Å². The van der Waals surface area contributed by atoms with Crippen LogP contribution in [0.4, 0.5) is 0 Å². The predicted molar refractivity (Wildman–Crippen MR) is 96.7 cm³/mol. The van der Waals surface area contributed by atoms with Gasteiger partial charge in [0.05, 0.1) is 11.9 Å². The minimum absolute atomic E-state index is 0.0708. The highest BCUT2D eigenvalue weighted by Crippen LogP contribution is 2.12. The number of nitrogens with zero attached hydrogens (tertiary/aromatic N) is 6. The number of rotatable bonds is 5. The lowest BCUT2D eigenvalue weighted by molar-refractivity contribution is -0.127. The molecule has 25 heavy (non-hydrogen) atoms. The maximum Gasteiger partial charge on any atom is 0.246 e. The fraction of sp³-hybridized carbons (Fsp3) is 0.500. The summed E-state index contributed by atoms with van der Waals surface area (Å²) in [4.78, 5) is 16.6. The lowest BCUT2D eigenvalue weighted by Gasteiger charge is -2.34. The fourth-order valence-corrected chi connectivity index (χ4v) is 3.08. The normalized spacial score (nSPS) is 16.0. The Balaban J connectivity index is 1.49. The van der Waals surface area contributed by atoms with Crippen LogP contribution in [0.25, 0.3) is 6.08 Å². The van der Waals surface area contributed by atoms with Gasteiger partial charge in [-0.3, -0.25) is 19.1 Å². The zero-order valence-corrected chi connectivity index (χ0v) is 15.2. The van der Waals surface area contributed by atoms with Gasteiger partial charge in [0, 0.05) is 75.9 Å². The Morgan fingerprint density at radius 2 is 2.00 bits per heavy atom. The second-order valence-corrected chi connectivity index (χ2v) is 6.48. The molecular formula is C18H26N6O. The molecule has 134 valence electrons. The minimum Gasteiger partial charge on any atom is -0.337 e. The van der Waals surface area contributed by atoms with E-state index in [1.54, 1.807) is 12.3 Å². The molecule has 1 aliphatic heterocycles. The molecule has 0 saturated carbocycles. The van der Waals surface area contributed by atoms with Crippen LogP contribution in [0.1, 0.15) is 23.7 Å². The molecule has 0 atom stereocenters. The molecule has 0 aromatic carbocycles. The molecule has 1 aliphatic rings. The molecule has 2 aromatic heterocycles. The third-order valence-electron chi connectivity index (χ3n) is 4.59. The summed E-state index contributed by atoms with van der Waals surface area (Å²) >= 11 is 0. The summed E-state index contributed by atoms with van der Waals surface area (Å²) < 4.78 is 3.71. The van der Waals surface area contributed by atoms with Crippen molar-refractivity contribution in [3.05, 3.63) is 41.5 Å². The quantitative estimate of drug-likeness (QED) is 0.769. The van der Waals surface area contributed by atoms with Gasteiger partial charge in [-0.15, -0.1) is 0 Å². The molecule has 7 heteroatoms. The summed E-state index contributed by atoms with van der Waals surface area (Å²) in [6, 6.07) is 0. The maximum absolute atomic E-state index is 12.4. The number of hydrogen-bond acceptors (Lipinski definition) is 4. The van der Waals surface area contributed by atoms with Crippen LogP contribution in [0.15, 0.2) is 24.7 Å². The van der Waals surface area contributed by atoms with Gasteiger partial charge in [0.25, 0.3) is 0 Å². The Hall–Kier alpha value is -2.41. The smallest absolute Gasteiger partial charge is 0.246 e. The largest absolute Gasteiger partial charge is 0.337 e. The zero-order chi connectivity index (χ0) is 17.8. The number of carbonyl (C=O) groups is 1. The van der Waals surface area contributed by atoms with Gasteiger partial charge in [0.15, 0.2) is 0 Å². The summed E-state index contributed by atoms with van der Waals surface area (Å²) in [7, 11) is 1.95. The summed E-state index contributed by atoms with van der Waals surface area (Å²) in [5, 5.41) is 8.60. The van der Waals surface area contributed by atoms with Crippen LogP contribution in [0.3, 0.4) is 0 Å². The second-order valence-electron chi connectivity index (χ2n) is 6.48. The topological polar surface area (TPSA) is 59.2 Å². The van der Waals surface area contributed by atoms with Crippen LogP contribution >= 0.6 is 0 Å². The molecule has 0 bridgehead atoms. The number of carbonyl (C=O) groups excluding carboxylic acids is 1. The molecule has 0 radical (unpaired) electrons. The van der Waals surface area contributed by atoms with Crippen molar-refractivity contribution < 1.29 is 4.79 Å². The van der Waals surface area contributed by atoms with E-state index in [1.165, 1.54) is 5.56 Å². The third-order valence-corrected chi connectivity index (χ3v) is 4.59. The number of aryl methyl sites for hydroxylation is 3. The van der Waals surface area contributed by atoms with E-state index in [1.807, 2.05) is 47.4 Å². The van der Waals surface area contributed by atoms with Crippen molar-refractivity contribution >= 4 is 12.0 Å². The molecular weight excluding hydrogens is 316 g/mol. The molecule has 2 aromatic rings. The van der Waals surface area contributed by atoms with Crippen LogP contribution in [-0.2, 0) is 24.9 Å². The molecule has 0 aliphatic carbocycles. The second kappa shape index (κ2) is 7.65. The average molecular weight is 342 g/mol. The monoisotopic (exact) mass is 342 g/mol. The van der Waals surface area contributed by atoms with E-state index in [-0.39, 0.29) is 5.91 Å². The molecule has 3 rings (SSSR count). The molecule has 0 spiro atoms. The van der Waals surface area contributed by atoms with Crippen LogP contribution in [0.5, 0.6) is 0 Å². The Morgan fingerprint density at radius 3 is 2.60 bits per heavy atom. The summed E-state index contributed by atoms with van der Waals surface area (Å²) in [6.45, 7) is 9.11. The van der Waals surface area contributed by atoms with Crippen molar-refractivity contribution in [3.63, 3.8) is 0 Å². The number of hydrogen-bond donors (Lipinski definition) is 0. The van der Waals surface area contributed by atoms with Crippen molar-refractivity contribution in [3.8, 4) is 0 Å². The Kier molecular flexibility index (Phi) is 5.33. The van der Waals surface area contributed by atoms with Gasteiger partial charge in [0.1, 0.15) is 0 Å². The predicted octanol–water partition coefficient (Wildman–Crippen LogP) is 1.30. The fourth-order valence-electron chi connectivity index (χ4n) is 3.08. The molecule has 1 amide bonds. The van der Waals surface area contributed by atoms with Crippen molar-refractivity contribution in [2.24, 2.45) is 7.05 Å². The number of aromatic nitrogens is 4. The van der Waals surface area contributed by atoms with E-state index in [0.29, 0.717) is 0 Å². The summed E-state index contributed by atoms with van der Waals surface area (Å²) in [5.74, 6) is 0.0708. The van der Waals surface area contributed by atoms with Gasteiger partial charge in [-0.1, -0.05) is 0 Å². The zero-order valence-electron chi connectivity index (χ0n) is 15.2. The minimum atomic E-state index is 0.0708. The van der Waals surface area contributed by atoms with Crippen LogP contribution in [0, 0.1) is 6.92 Å². The summed E-state index contributed by atoms with van der Waals surface area (Å²) in [5.41, 5.74) is 3.30. The van der Waals surface area contributed by atoms with Gasteiger partial charge >= 0.3 is 0 Å². The Bertz CT molecular complexity index is 751. The van der Waals surface area contributed by atoms with E-state index in [2.05, 4.69) is 21.3 Å². The highest BCUT2D eigenvalue weighted by atomic mass is 16.2. The van der Waals surface area contributed by atoms with Gasteiger partial charge in [0.2, 0.25) is 5.91 Å². The van der Waals surface area contributed by atoms with E-state index in [0.717, 1.165) is 50.5 Å². The van der Waals surface area contributed by atoms with Crippen molar-refractivity contribution in [2.45, 2.75) is 26.9 Å². The summed E-state index contributed by atoms with van der Waals surface area (Å²) in [6.07, 6.45) is 9.29. The lowest BCUT2D eigenvalue weighted by Crippen LogP contribution is -2.47. The first-order chi connectivity index (χ1) is 12.0. The van der Waals surface area contributed by atoms with E-state index in [4.69, 9.17) is 0 Å². The van der Waals surface area contributed by atoms with Crippen molar-refractivity contribution in [2.75, 3.05) is 26.2 Å². The van der Waals surface area contributed by atoms with Crippen LogP contribution < -0.4 is 0 Å². The first kappa shape index (κ1) is 17.4. The third kappa shape index (κ3) is 4.36. The lowest BCUT2D eigenvalue weighted by atomic mass is 10.2. The first-order valence-electron chi connectivity index (χ1n) is 8.76. The van der Waals surface area contributed by atoms with Crippen molar-refractivity contribution in [1.82, 2.24) is 29.4 Å². The molecule has 1 saturated heterocycles. The Labute approximate surface area is 148 Å². The molecule has 0 N–H and O–H groups in total. The highest BCUT2D eigenvalue weighted by molar-refractivity contribution is 5.91.